The highest BCUT2D eigenvalue weighted by Crippen LogP contribution is 2.09. The fraction of sp³-hybridized carbons (Fsp3) is 0.889. The van der Waals surface area contributed by atoms with E-state index in [1.165, 1.54) is 0 Å². The molecule has 8 heteroatoms. The second-order valence-electron chi connectivity index (χ2n) is 4.00. The standard InChI is InChI=1S/C9H19N5O3/c1-8(9(10)16)14(11-17)13-4-2-12(3-5-13)6-7-15/h8,15H,2-7H2,1H3,(H2,10,16). The van der Waals surface area contributed by atoms with Crippen molar-refractivity contribution < 1.29 is 9.90 Å². The van der Waals surface area contributed by atoms with Crippen molar-refractivity contribution in [2.45, 2.75) is 13.0 Å². The smallest absolute Gasteiger partial charge is 0.243 e. The number of hydrazine groups is 1. The Balaban J connectivity index is 2.50. The molecule has 0 bridgehead atoms. The first-order chi connectivity index (χ1) is 8.10. The second kappa shape index (κ2) is 6.48. The van der Waals surface area contributed by atoms with Gasteiger partial charge in [0.15, 0.2) is 0 Å². The van der Waals surface area contributed by atoms with Gasteiger partial charge in [-0.3, -0.25) is 9.69 Å². The Bertz CT molecular complexity index is 267. The molecule has 1 atom stereocenters. The van der Waals surface area contributed by atoms with Crippen LogP contribution in [0.2, 0.25) is 0 Å². The number of nitrogens with zero attached hydrogens (tertiary/aromatic N) is 4. The van der Waals surface area contributed by atoms with Crippen LogP contribution in [0.15, 0.2) is 5.29 Å². The maximum absolute atomic E-state index is 11.0. The fourth-order valence-electron chi connectivity index (χ4n) is 1.79. The zero-order valence-corrected chi connectivity index (χ0v) is 9.95. The Morgan fingerprint density at radius 1 is 1.47 bits per heavy atom. The lowest BCUT2D eigenvalue weighted by molar-refractivity contribution is -0.136. The van der Waals surface area contributed by atoms with Crippen LogP contribution in [-0.4, -0.2) is 71.4 Å². The monoisotopic (exact) mass is 245 g/mol. The number of nitrogens with two attached hydrogens (primary N) is 1. The van der Waals surface area contributed by atoms with Gasteiger partial charge in [-0.15, -0.1) is 4.91 Å². The van der Waals surface area contributed by atoms with Crippen molar-refractivity contribution in [2.24, 2.45) is 11.0 Å². The maximum Gasteiger partial charge on any atom is 0.243 e. The number of β-amino-alcohol motifs (C(OH)–C–C–N with tert-alkyl or cyclic N) is 1. The minimum atomic E-state index is -0.739. The summed E-state index contributed by atoms with van der Waals surface area (Å²) in [6.07, 6.45) is 0. The molecule has 0 spiro atoms. The molecule has 3 N–H and O–H groups in total. The number of aliphatic hydroxyl groups excluding tert-OH is 1. The van der Waals surface area contributed by atoms with Crippen LogP contribution in [-0.2, 0) is 4.79 Å². The van der Waals surface area contributed by atoms with Crippen molar-refractivity contribution >= 4 is 5.91 Å². The van der Waals surface area contributed by atoms with Gasteiger partial charge in [0.1, 0.15) is 6.04 Å². The minimum absolute atomic E-state index is 0.118. The van der Waals surface area contributed by atoms with Crippen LogP contribution in [0.5, 0.6) is 0 Å². The van der Waals surface area contributed by atoms with E-state index in [9.17, 15) is 9.70 Å². The Hall–Kier alpha value is -1.25. The minimum Gasteiger partial charge on any atom is -0.395 e. The second-order valence-corrected chi connectivity index (χ2v) is 4.00. The molecule has 1 unspecified atom stereocenters. The first-order valence-corrected chi connectivity index (χ1v) is 5.60. The summed E-state index contributed by atoms with van der Waals surface area (Å²) in [5.74, 6) is -0.581. The van der Waals surface area contributed by atoms with Crippen molar-refractivity contribution in [3.63, 3.8) is 0 Å². The van der Waals surface area contributed by atoms with Crippen molar-refractivity contribution in [2.75, 3.05) is 39.3 Å². The van der Waals surface area contributed by atoms with E-state index < -0.39 is 11.9 Å². The number of primary amides is 1. The van der Waals surface area contributed by atoms with Crippen molar-refractivity contribution in [3.05, 3.63) is 4.91 Å². The molecule has 1 heterocycles. The Morgan fingerprint density at radius 3 is 2.47 bits per heavy atom. The molecule has 0 aromatic carbocycles. The van der Waals surface area contributed by atoms with Gasteiger partial charge in [-0.2, -0.15) is 10.1 Å². The summed E-state index contributed by atoms with van der Waals surface area (Å²) in [5.41, 5.74) is 5.14. The number of amides is 1. The molecule has 0 saturated carbocycles. The highest BCUT2D eigenvalue weighted by molar-refractivity contribution is 5.79. The van der Waals surface area contributed by atoms with Crippen LogP contribution in [0.25, 0.3) is 0 Å². The highest BCUT2D eigenvalue weighted by atomic mass is 16.3. The molecular formula is C9H19N5O3. The summed E-state index contributed by atoms with van der Waals surface area (Å²) in [7, 11) is 0. The van der Waals surface area contributed by atoms with Gasteiger partial charge in [0.05, 0.1) is 11.9 Å². The highest BCUT2D eigenvalue weighted by Gasteiger charge is 2.28. The van der Waals surface area contributed by atoms with Gasteiger partial charge in [-0.1, -0.05) is 0 Å². The number of rotatable bonds is 6. The van der Waals surface area contributed by atoms with Gasteiger partial charge >= 0.3 is 0 Å². The number of hydrogen-bond donors (Lipinski definition) is 2. The molecule has 1 aliphatic rings. The van der Waals surface area contributed by atoms with Crippen molar-refractivity contribution in [1.82, 2.24) is 15.0 Å². The molecule has 0 radical (unpaired) electrons. The maximum atomic E-state index is 11.0. The molecule has 8 nitrogen and oxygen atoms in total. The average molecular weight is 245 g/mol. The van der Waals surface area contributed by atoms with E-state index in [0.717, 1.165) is 18.2 Å². The first-order valence-electron chi connectivity index (χ1n) is 5.60. The molecule has 1 aliphatic heterocycles. The number of carbonyl (C=O) groups is 1. The normalized spacial score (nSPS) is 19.9. The van der Waals surface area contributed by atoms with Crippen molar-refractivity contribution in [3.8, 4) is 0 Å². The molecule has 1 saturated heterocycles. The van der Waals surface area contributed by atoms with E-state index in [2.05, 4.69) is 10.2 Å². The molecule has 0 aromatic rings. The van der Waals surface area contributed by atoms with Crippen molar-refractivity contribution in [1.29, 1.82) is 0 Å². The third-order valence-electron chi connectivity index (χ3n) is 2.90. The summed E-state index contributed by atoms with van der Waals surface area (Å²) < 4.78 is 0. The zero-order valence-electron chi connectivity index (χ0n) is 9.95. The molecule has 1 rings (SSSR count). The van der Waals surface area contributed by atoms with E-state index >= 15 is 0 Å². The Kier molecular flexibility index (Phi) is 5.26. The van der Waals surface area contributed by atoms with Gasteiger partial charge in [-0.05, 0) is 6.92 Å². The van der Waals surface area contributed by atoms with Gasteiger partial charge in [0.2, 0.25) is 5.91 Å². The Morgan fingerprint density at radius 2 is 2.06 bits per heavy atom. The van der Waals surface area contributed by atoms with E-state index in [1.54, 1.807) is 11.9 Å². The average Bonchev–Trinajstić information content (AvgIpc) is 2.32. The number of nitroso groups, excluding NO2 is 1. The van der Waals surface area contributed by atoms with Crippen LogP contribution in [0.4, 0.5) is 0 Å². The molecule has 1 amide bonds. The summed E-state index contributed by atoms with van der Waals surface area (Å²) in [5, 5.41) is 14.5. The van der Waals surface area contributed by atoms with Gasteiger partial charge in [0.25, 0.3) is 0 Å². The SMILES string of the molecule is CC(C(N)=O)N(N=O)N1CCN(CCO)CC1. The third-order valence-corrected chi connectivity index (χ3v) is 2.90. The number of carbonyl (C=O) groups excluding carboxylic acids is 1. The summed E-state index contributed by atoms with van der Waals surface area (Å²) in [4.78, 5) is 23.8. The predicted octanol–water partition coefficient (Wildman–Crippen LogP) is -1.63. The topological polar surface area (TPSA) is 102 Å². The summed E-state index contributed by atoms with van der Waals surface area (Å²) in [6.45, 7) is 4.90. The molecular weight excluding hydrogens is 226 g/mol. The summed E-state index contributed by atoms with van der Waals surface area (Å²) in [6, 6.07) is -0.739. The molecule has 17 heavy (non-hydrogen) atoms. The molecule has 0 aliphatic carbocycles. The van der Waals surface area contributed by atoms with E-state index in [4.69, 9.17) is 10.8 Å². The van der Waals surface area contributed by atoms with Gasteiger partial charge < -0.3 is 10.8 Å². The zero-order chi connectivity index (χ0) is 12.8. The van der Waals surface area contributed by atoms with Crippen LogP contribution in [0.1, 0.15) is 6.92 Å². The number of hydrogen-bond acceptors (Lipinski definition) is 6. The van der Waals surface area contributed by atoms with Crippen LogP contribution in [0, 0.1) is 4.91 Å². The lowest BCUT2D eigenvalue weighted by Gasteiger charge is -2.39. The summed E-state index contributed by atoms with van der Waals surface area (Å²) >= 11 is 0. The van der Waals surface area contributed by atoms with Crippen LogP contribution >= 0.6 is 0 Å². The quantitative estimate of drug-likeness (QED) is 0.430. The third kappa shape index (κ3) is 3.62. The lowest BCUT2D eigenvalue weighted by atomic mass is 10.3. The van der Waals surface area contributed by atoms with E-state index in [-0.39, 0.29) is 6.61 Å². The van der Waals surface area contributed by atoms with E-state index in [1.807, 2.05) is 0 Å². The molecule has 98 valence electrons. The van der Waals surface area contributed by atoms with Crippen LogP contribution < -0.4 is 5.73 Å². The number of aliphatic hydroxyl groups is 1. The molecule has 1 fully saturated rings. The van der Waals surface area contributed by atoms with Gasteiger partial charge in [0, 0.05) is 32.7 Å². The Labute approximate surface area is 99.9 Å². The van der Waals surface area contributed by atoms with Gasteiger partial charge in [-0.25, -0.2) is 0 Å². The lowest BCUT2D eigenvalue weighted by Crippen LogP contribution is -2.56. The largest absolute Gasteiger partial charge is 0.395 e. The molecule has 0 aromatic heterocycles. The fourth-order valence-corrected chi connectivity index (χ4v) is 1.79. The van der Waals surface area contributed by atoms with Crippen LogP contribution in [0.3, 0.4) is 0 Å². The number of piperazine rings is 1. The van der Waals surface area contributed by atoms with E-state index in [0.29, 0.717) is 19.6 Å². The predicted molar refractivity (Wildman–Crippen MR) is 61.4 cm³/mol. The first kappa shape index (κ1) is 13.8.